The summed E-state index contributed by atoms with van der Waals surface area (Å²) in [5.74, 6) is 0.526. The van der Waals surface area contributed by atoms with Crippen LogP contribution in [0.15, 0.2) is 48.5 Å². The Morgan fingerprint density at radius 3 is 2.68 bits per heavy atom. The van der Waals surface area contributed by atoms with Gasteiger partial charge in [0.2, 0.25) is 0 Å². The van der Waals surface area contributed by atoms with Gasteiger partial charge in [0.25, 0.3) is 5.91 Å². The molecule has 1 aliphatic rings. The molecule has 1 fully saturated rings. The lowest BCUT2D eigenvalue weighted by molar-refractivity contribution is 0.0950. The topological polar surface area (TPSA) is 90.1 Å². The molecule has 4 rings (SSSR count). The standard InChI is InChI=1S/C18H17N5O2/c24-17(20-11-16-21-14-3-1-2-4-15(14)22-16)12-5-7-13(8-6-12)23-10-9-19-18(23)25/h1-8H,9-11H2,(H,19,25)(H,20,24)(H,21,22). The van der Waals surface area contributed by atoms with Crippen molar-refractivity contribution in [2.45, 2.75) is 6.54 Å². The molecule has 0 saturated carbocycles. The number of hydrogen-bond donors (Lipinski definition) is 3. The quantitative estimate of drug-likeness (QED) is 0.681. The van der Waals surface area contributed by atoms with E-state index in [0.29, 0.717) is 31.0 Å². The Balaban J connectivity index is 1.41. The molecule has 126 valence electrons. The number of aromatic nitrogens is 2. The van der Waals surface area contributed by atoms with Crippen LogP contribution in [0.25, 0.3) is 11.0 Å². The molecule has 0 radical (unpaired) electrons. The van der Waals surface area contributed by atoms with Crippen molar-refractivity contribution in [3.8, 4) is 0 Å². The SMILES string of the molecule is O=C(NCc1nc2ccccc2[nH]1)c1ccc(N2CCNC2=O)cc1. The maximum Gasteiger partial charge on any atom is 0.321 e. The fourth-order valence-electron chi connectivity index (χ4n) is 2.87. The predicted octanol–water partition coefficient (Wildman–Crippen LogP) is 2.02. The Morgan fingerprint density at radius 1 is 1.16 bits per heavy atom. The van der Waals surface area contributed by atoms with Crippen LogP contribution in [0.2, 0.25) is 0 Å². The lowest BCUT2D eigenvalue weighted by atomic mass is 10.2. The van der Waals surface area contributed by atoms with Crippen molar-refractivity contribution >= 4 is 28.7 Å². The molecule has 0 unspecified atom stereocenters. The van der Waals surface area contributed by atoms with Gasteiger partial charge < -0.3 is 15.6 Å². The number of amides is 3. The maximum atomic E-state index is 12.3. The Morgan fingerprint density at radius 2 is 1.96 bits per heavy atom. The Bertz CT molecular complexity index is 899. The van der Waals surface area contributed by atoms with E-state index in [-0.39, 0.29) is 11.9 Å². The number of urea groups is 1. The second kappa shape index (κ2) is 6.27. The summed E-state index contributed by atoms with van der Waals surface area (Å²) in [5.41, 5.74) is 3.14. The van der Waals surface area contributed by atoms with Crippen LogP contribution in [0.3, 0.4) is 0 Å². The third-order valence-electron chi connectivity index (χ3n) is 4.15. The molecule has 0 bridgehead atoms. The van der Waals surface area contributed by atoms with Crippen molar-refractivity contribution < 1.29 is 9.59 Å². The van der Waals surface area contributed by atoms with Crippen molar-refractivity contribution in [3.05, 3.63) is 59.9 Å². The smallest absolute Gasteiger partial charge is 0.321 e. The highest BCUT2D eigenvalue weighted by Crippen LogP contribution is 2.17. The molecule has 3 N–H and O–H groups in total. The summed E-state index contributed by atoms with van der Waals surface area (Å²) in [4.78, 5) is 33.2. The third-order valence-corrected chi connectivity index (χ3v) is 4.15. The van der Waals surface area contributed by atoms with Gasteiger partial charge in [-0.25, -0.2) is 9.78 Å². The van der Waals surface area contributed by atoms with E-state index in [1.165, 1.54) is 0 Å². The number of carbonyl (C=O) groups is 2. The third kappa shape index (κ3) is 3.03. The summed E-state index contributed by atoms with van der Waals surface area (Å²) >= 11 is 0. The Hall–Kier alpha value is -3.35. The Kier molecular flexibility index (Phi) is 3.81. The van der Waals surface area contributed by atoms with Crippen molar-refractivity contribution in [2.24, 2.45) is 0 Å². The summed E-state index contributed by atoms with van der Waals surface area (Å²) in [6.45, 7) is 1.60. The molecular formula is C18H17N5O2. The molecule has 1 saturated heterocycles. The van der Waals surface area contributed by atoms with Gasteiger partial charge >= 0.3 is 6.03 Å². The first kappa shape index (κ1) is 15.2. The largest absolute Gasteiger partial charge is 0.345 e. The average Bonchev–Trinajstić information content (AvgIpc) is 3.25. The number of imidazole rings is 1. The fourth-order valence-corrected chi connectivity index (χ4v) is 2.87. The van der Waals surface area contributed by atoms with Gasteiger partial charge in [-0.15, -0.1) is 0 Å². The van der Waals surface area contributed by atoms with E-state index in [1.807, 2.05) is 24.3 Å². The zero-order chi connectivity index (χ0) is 17.2. The van der Waals surface area contributed by atoms with E-state index < -0.39 is 0 Å². The van der Waals surface area contributed by atoms with E-state index in [9.17, 15) is 9.59 Å². The van der Waals surface area contributed by atoms with Crippen LogP contribution in [-0.4, -0.2) is 35.0 Å². The number of carbonyl (C=O) groups excluding carboxylic acids is 2. The lowest BCUT2D eigenvalue weighted by Crippen LogP contribution is -2.28. The molecule has 0 atom stereocenters. The number of H-pyrrole nitrogens is 1. The second-order valence-corrected chi connectivity index (χ2v) is 5.81. The molecule has 1 aliphatic heterocycles. The minimum absolute atomic E-state index is 0.109. The van der Waals surface area contributed by atoms with Crippen LogP contribution in [0, 0.1) is 0 Å². The van der Waals surface area contributed by atoms with Gasteiger partial charge in [-0.1, -0.05) is 12.1 Å². The first-order valence-electron chi connectivity index (χ1n) is 8.08. The number of hydrogen-bond acceptors (Lipinski definition) is 3. The molecule has 1 aromatic heterocycles. The zero-order valence-corrected chi connectivity index (χ0v) is 13.5. The van der Waals surface area contributed by atoms with Gasteiger partial charge in [-0.2, -0.15) is 0 Å². The number of nitrogens with zero attached hydrogens (tertiary/aromatic N) is 2. The molecular weight excluding hydrogens is 318 g/mol. The van der Waals surface area contributed by atoms with Gasteiger partial charge in [0.15, 0.2) is 0 Å². The molecule has 7 nitrogen and oxygen atoms in total. The molecule has 2 heterocycles. The van der Waals surface area contributed by atoms with Crippen LogP contribution < -0.4 is 15.5 Å². The van der Waals surface area contributed by atoms with Crippen molar-refractivity contribution in [1.82, 2.24) is 20.6 Å². The van der Waals surface area contributed by atoms with E-state index in [0.717, 1.165) is 16.7 Å². The fraction of sp³-hybridized carbons (Fsp3) is 0.167. The molecule has 0 spiro atoms. The zero-order valence-electron chi connectivity index (χ0n) is 13.5. The summed E-state index contributed by atoms with van der Waals surface area (Å²) in [7, 11) is 0. The van der Waals surface area contributed by atoms with Gasteiger partial charge in [-0.3, -0.25) is 9.69 Å². The van der Waals surface area contributed by atoms with Gasteiger partial charge in [0.1, 0.15) is 5.82 Å². The lowest BCUT2D eigenvalue weighted by Gasteiger charge is -2.14. The first-order chi connectivity index (χ1) is 12.2. The average molecular weight is 335 g/mol. The molecule has 25 heavy (non-hydrogen) atoms. The highest BCUT2D eigenvalue weighted by atomic mass is 16.2. The summed E-state index contributed by atoms with van der Waals surface area (Å²) < 4.78 is 0. The maximum absolute atomic E-state index is 12.3. The van der Waals surface area contributed by atoms with Crippen molar-refractivity contribution in [1.29, 1.82) is 0 Å². The van der Waals surface area contributed by atoms with Crippen LogP contribution in [0.1, 0.15) is 16.2 Å². The second-order valence-electron chi connectivity index (χ2n) is 5.81. The summed E-state index contributed by atoms with van der Waals surface area (Å²) in [6.07, 6.45) is 0. The van der Waals surface area contributed by atoms with Crippen LogP contribution in [-0.2, 0) is 6.54 Å². The number of rotatable bonds is 4. The summed E-state index contributed by atoms with van der Waals surface area (Å²) in [6, 6.07) is 14.6. The number of fused-ring (bicyclic) bond motifs is 1. The number of benzene rings is 2. The summed E-state index contributed by atoms with van der Waals surface area (Å²) in [5, 5.41) is 5.60. The minimum atomic E-state index is -0.183. The van der Waals surface area contributed by atoms with E-state index in [1.54, 1.807) is 29.2 Å². The molecule has 3 amide bonds. The number of aromatic amines is 1. The number of nitrogens with one attached hydrogen (secondary N) is 3. The number of anilines is 1. The molecule has 7 heteroatoms. The van der Waals surface area contributed by atoms with E-state index in [4.69, 9.17) is 0 Å². The molecule has 0 aliphatic carbocycles. The predicted molar refractivity (Wildman–Crippen MR) is 94.5 cm³/mol. The van der Waals surface area contributed by atoms with E-state index in [2.05, 4.69) is 20.6 Å². The highest BCUT2D eigenvalue weighted by Gasteiger charge is 2.21. The van der Waals surface area contributed by atoms with Crippen LogP contribution >= 0.6 is 0 Å². The van der Waals surface area contributed by atoms with Gasteiger partial charge in [0, 0.05) is 24.3 Å². The monoisotopic (exact) mass is 335 g/mol. The van der Waals surface area contributed by atoms with Crippen LogP contribution in [0.4, 0.5) is 10.5 Å². The van der Waals surface area contributed by atoms with Gasteiger partial charge in [-0.05, 0) is 36.4 Å². The normalized spacial score (nSPS) is 13.9. The van der Waals surface area contributed by atoms with Crippen molar-refractivity contribution in [2.75, 3.05) is 18.0 Å². The Labute approximate surface area is 144 Å². The van der Waals surface area contributed by atoms with E-state index >= 15 is 0 Å². The van der Waals surface area contributed by atoms with Gasteiger partial charge in [0.05, 0.1) is 17.6 Å². The highest BCUT2D eigenvalue weighted by molar-refractivity contribution is 5.97. The number of para-hydroxylation sites is 2. The first-order valence-corrected chi connectivity index (χ1v) is 8.08. The van der Waals surface area contributed by atoms with Crippen LogP contribution in [0.5, 0.6) is 0 Å². The molecule has 3 aromatic rings. The van der Waals surface area contributed by atoms with Crippen molar-refractivity contribution in [3.63, 3.8) is 0 Å². The minimum Gasteiger partial charge on any atom is -0.345 e. The molecule has 2 aromatic carbocycles.